The van der Waals surface area contributed by atoms with E-state index in [2.05, 4.69) is 12.2 Å². The van der Waals surface area contributed by atoms with Gasteiger partial charge in [-0.3, -0.25) is 19.3 Å². The van der Waals surface area contributed by atoms with Crippen LogP contribution in [0.15, 0.2) is 59.5 Å². The van der Waals surface area contributed by atoms with E-state index in [9.17, 15) is 24.3 Å². The molecule has 0 atom stereocenters. The Balaban J connectivity index is 2.02. The molecule has 0 aromatic heterocycles. The first kappa shape index (κ1) is 25.4. The second-order valence-electron chi connectivity index (χ2n) is 6.80. The van der Waals surface area contributed by atoms with Crippen LogP contribution in [0.3, 0.4) is 0 Å². The molecule has 0 bridgehead atoms. The quantitative estimate of drug-likeness (QED) is 0.360. The molecule has 0 saturated carbocycles. The van der Waals surface area contributed by atoms with Gasteiger partial charge in [0.2, 0.25) is 12.3 Å². The second-order valence-corrected chi connectivity index (χ2v) is 7.65. The van der Waals surface area contributed by atoms with Gasteiger partial charge in [0, 0.05) is 24.4 Å². The number of aromatic carboxylic acids is 1. The van der Waals surface area contributed by atoms with Crippen LogP contribution in [0, 0.1) is 0 Å². The van der Waals surface area contributed by atoms with Crippen LogP contribution >= 0.6 is 11.8 Å². The molecular weight excluding hydrogens is 444 g/mol. The van der Waals surface area contributed by atoms with E-state index in [4.69, 9.17) is 5.11 Å². The number of nitrogens with one attached hydrogen (secondary N) is 1. The van der Waals surface area contributed by atoms with Crippen LogP contribution in [0.2, 0.25) is 0 Å². The van der Waals surface area contributed by atoms with E-state index >= 15 is 0 Å². The van der Waals surface area contributed by atoms with Crippen LogP contribution in [0.4, 0.5) is 5.69 Å². The smallest absolute Gasteiger partial charge is 0.339 e. The Labute approximate surface area is 195 Å². The van der Waals surface area contributed by atoms with E-state index in [1.54, 1.807) is 12.3 Å². The van der Waals surface area contributed by atoms with Crippen molar-refractivity contribution >= 4 is 47.7 Å². The Bertz CT molecular complexity index is 1090. The van der Waals surface area contributed by atoms with Crippen LogP contribution in [0.5, 0.6) is 5.75 Å². The minimum atomic E-state index is -1.29. The Morgan fingerprint density at radius 1 is 1.12 bits per heavy atom. The standard InChI is InChI=1S/C24H24N2O6S/c1-3-16-6-8-17(9-7-16)13-21(33-2)23(30)26(15-27)12-4-5-22(29)25-18-10-11-19(24(31)32)20(28)14-18/h4-11,13-15,28H,3,12H2,1-2H3,(H,25,29)(H,31,32)/b5-4+,21-13-. The molecule has 2 aromatic carbocycles. The number of anilines is 1. The predicted molar refractivity (Wildman–Crippen MR) is 128 cm³/mol. The average molecular weight is 469 g/mol. The molecule has 0 aliphatic heterocycles. The van der Waals surface area contributed by atoms with E-state index in [1.807, 2.05) is 24.3 Å². The number of hydrogen-bond acceptors (Lipinski definition) is 6. The first-order valence-electron chi connectivity index (χ1n) is 9.93. The number of aromatic hydroxyl groups is 1. The van der Waals surface area contributed by atoms with Crippen molar-refractivity contribution in [1.82, 2.24) is 4.90 Å². The topological polar surface area (TPSA) is 124 Å². The Morgan fingerprint density at radius 2 is 1.82 bits per heavy atom. The summed E-state index contributed by atoms with van der Waals surface area (Å²) >= 11 is 1.21. The predicted octanol–water partition coefficient (Wildman–Crippen LogP) is 3.54. The molecule has 0 saturated heterocycles. The Hall–Kier alpha value is -3.85. The summed E-state index contributed by atoms with van der Waals surface area (Å²) in [5.41, 5.74) is 1.91. The van der Waals surface area contributed by atoms with Gasteiger partial charge in [-0.2, -0.15) is 0 Å². The van der Waals surface area contributed by atoms with E-state index in [-0.39, 0.29) is 17.8 Å². The van der Waals surface area contributed by atoms with E-state index in [0.29, 0.717) is 11.3 Å². The number of phenols is 1. The van der Waals surface area contributed by atoms with E-state index < -0.39 is 23.5 Å². The lowest BCUT2D eigenvalue weighted by molar-refractivity contribution is -0.134. The highest BCUT2D eigenvalue weighted by molar-refractivity contribution is 8.03. The summed E-state index contributed by atoms with van der Waals surface area (Å²) in [4.78, 5) is 48.5. The minimum absolute atomic E-state index is 0.119. The van der Waals surface area contributed by atoms with Gasteiger partial charge < -0.3 is 15.5 Å². The number of hydrogen-bond donors (Lipinski definition) is 3. The molecule has 0 spiro atoms. The SMILES string of the molecule is CCc1ccc(/C=C(\SC)C(=O)N(C=O)C/C=C/C(=O)Nc2ccc(C(=O)O)c(O)c2)cc1. The van der Waals surface area contributed by atoms with Crippen LogP contribution in [0.1, 0.15) is 28.4 Å². The number of aryl methyl sites for hydroxylation is 1. The van der Waals surface area contributed by atoms with Crippen molar-refractivity contribution in [2.45, 2.75) is 13.3 Å². The van der Waals surface area contributed by atoms with Gasteiger partial charge in [-0.25, -0.2) is 4.79 Å². The lowest BCUT2D eigenvalue weighted by Crippen LogP contribution is -2.30. The summed E-state index contributed by atoms with van der Waals surface area (Å²) in [5, 5.41) is 21.1. The summed E-state index contributed by atoms with van der Waals surface area (Å²) in [5.74, 6) is -2.84. The van der Waals surface area contributed by atoms with Crippen molar-refractivity contribution in [1.29, 1.82) is 0 Å². The third-order valence-corrected chi connectivity index (χ3v) is 5.30. The van der Waals surface area contributed by atoms with Crippen molar-refractivity contribution in [3.8, 4) is 5.75 Å². The molecule has 3 amide bonds. The van der Waals surface area contributed by atoms with Gasteiger partial charge >= 0.3 is 5.97 Å². The zero-order chi connectivity index (χ0) is 24.4. The molecule has 9 heteroatoms. The van der Waals surface area contributed by atoms with Gasteiger partial charge in [0.1, 0.15) is 11.3 Å². The lowest BCUT2D eigenvalue weighted by Gasteiger charge is -2.14. The number of benzene rings is 2. The molecule has 33 heavy (non-hydrogen) atoms. The number of imide groups is 1. The molecular formula is C24H24N2O6S. The maximum atomic E-state index is 12.7. The molecule has 0 heterocycles. The van der Waals surface area contributed by atoms with Crippen molar-refractivity contribution in [2.75, 3.05) is 18.1 Å². The highest BCUT2D eigenvalue weighted by Gasteiger charge is 2.16. The van der Waals surface area contributed by atoms with Crippen molar-refractivity contribution in [3.05, 3.63) is 76.2 Å². The summed E-state index contributed by atoms with van der Waals surface area (Å²) in [6, 6.07) is 11.4. The number of nitrogens with zero attached hydrogens (tertiary/aromatic N) is 1. The van der Waals surface area contributed by atoms with Crippen molar-refractivity contribution in [2.24, 2.45) is 0 Å². The number of thioether (sulfide) groups is 1. The number of carboxylic acids is 1. The Kier molecular flexibility index (Phi) is 9.44. The van der Waals surface area contributed by atoms with Gasteiger partial charge in [0.25, 0.3) is 5.91 Å². The largest absolute Gasteiger partial charge is 0.507 e. The third kappa shape index (κ3) is 7.36. The Morgan fingerprint density at radius 3 is 2.36 bits per heavy atom. The first-order valence-corrected chi connectivity index (χ1v) is 11.2. The number of rotatable bonds is 10. The van der Waals surface area contributed by atoms with E-state index in [1.165, 1.54) is 29.5 Å². The fraction of sp³-hybridized carbons (Fsp3) is 0.167. The highest BCUT2D eigenvalue weighted by Crippen LogP contribution is 2.22. The molecule has 0 unspecified atom stereocenters. The maximum Gasteiger partial charge on any atom is 0.339 e. The molecule has 8 nitrogen and oxygen atoms in total. The summed E-state index contributed by atoms with van der Waals surface area (Å²) in [6.07, 6.45) is 7.23. The molecule has 3 N–H and O–H groups in total. The monoisotopic (exact) mass is 468 g/mol. The van der Waals surface area contributed by atoms with E-state index in [0.717, 1.165) is 35.1 Å². The summed E-state index contributed by atoms with van der Waals surface area (Å²) in [7, 11) is 0. The second kappa shape index (κ2) is 12.3. The average Bonchev–Trinajstić information content (AvgIpc) is 2.80. The zero-order valence-corrected chi connectivity index (χ0v) is 19.0. The molecule has 0 aliphatic carbocycles. The molecule has 0 radical (unpaired) electrons. The van der Waals surface area contributed by atoms with Gasteiger partial charge in [0.05, 0.1) is 4.91 Å². The fourth-order valence-electron chi connectivity index (χ4n) is 2.77. The summed E-state index contributed by atoms with van der Waals surface area (Å²) in [6.45, 7) is 1.93. The molecule has 172 valence electrons. The normalized spacial score (nSPS) is 11.3. The van der Waals surface area contributed by atoms with Gasteiger partial charge in [-0.15, -0.1) is 11.8 Å². The van der Waals surface area contributed by atoms with Crippen LogP contribution in [-0.4, -0.2) is 52.1 Å². The molecule has 2 aromatic rings. The number of carbonyl (C=O) groups excluding carboxylic acids is 3. The van der Waals surface area contributed by atoms with Crippen LogP contribution in [-0.2, 0) is 20.8 Å². The van der Waals surface area contributed by atoms with Gasteiger partial charge in [0.15, 0.2) is 0 Å². The number of carboxylic acid groups (broad SMARTS) is 1. The first-order chi connectivity index (χ1) is 15.8. The third-order valence-electron chi connectivity index (χ3n) is 4.57. The maximum absolute atomic E-state index is 12.7. The number of amides is 3. The highest BCUT2D eigenvalue weighted by atomic mass is 32.2. The van der Waals surface area contributed by atoms with Gasteiger partial charge in [-0.1, -0.05) is 37.3 Å². The molecule has 0 fully saturated rings. The lowest BCUT2D eigenvalue weighted by atomic mass is 10.1. The van der Waals surface area contributed by atoms with Gasteiger partial charge in [-0.05, 0) is 42.0 Å². The summed E-state index contributed by atoms with van der Waals surface area (Å²) < 4.78 is 0. The fourth-order valence-corrected chi connectivity index (χ4v) is 3.32. The zero-order valence-electron chi connectivity index (χ0n) is 18.1. The molecule has 0 aliphatic rings. The molecule has 2 rings (SSSR count). The number of carbonyl (C=O) groups is 4. The minimum Gasteiger partial charge on any atom is -0.507 e. The van der Waals surface area contributed by atoms with Crippen LogP contribution < -0.4 is 5.32 Å². The van der Waals surface area contributed by atoms with Crippen molar-refractivity contribution in [3.63, 3.8) is 0 Å². The van der Waals surface area contributed by atoms with Crippen LogP contribution in [0.25, 0.3) is 6.08 Å². The van der Waals surface area contributed by atoms with Crippen molar-refractivity contribution < 1.29 is 29.4 Å².